The number of pyridine rings is 1. The Kier molecular flexibility index (Phi) is 3.46. The fourth-order valence-corrected chi connectivity index (χ4v) is 1.86. The fourth-order valence-electron chi connectivity index (χ4n) is 1.86. The van der Waals surface area contributed by atoms with Crippen LogP contribution in [0.3, 0.4) is 0 Å². The lowest BCUT2D eigenvalue weighted by molar-refractivity contribution is -0.137. The molecule has 1 heterocycles. The van der Waals surface area contributed by atoms with Crippen molar-refractivity contribution in [1.29, 1.82) is 0 Å². The molecule has 1 aromatic heterocycles. The van der Waals surface area contributed by atoms with Crippen molar-refractivity contribution in [1.82, 2.24) is 4.98 Å². The normalized spacial score (nSPS) is 11.6. The summed E-state index contributed by atoms with van der Waals surface area (Å²) in [4.78, 5) is 3.97. The largest absolute Gasteiger partial charge is 0.416 e. The SMILES string of the molecule is Cc1cc(C(F)(F)F)ccc1Cc1cnccc1N. The van der Waals surface area contributed by atoms with Crippen LogP contribution in [-0.4, -0.2) is 4.98 Å². The van der Waals surface area contributed by atoms with Gasteiger partial charge in [-0.3, -0.25) is 4.98 Å². The number of hydrogen-bond acceptors (Lipinski definition) is 2. The molecular weight excluding hydrogens is 253 g/mol. The van der Waals surface area contributed by atoms with Crippen LogP contribution in [0, 0.1) is 6.92 Å². The number of alkyl halides is 3. The first-order chi connectivity index (χ1) is 8.88. The summed E-state index contributed by atoms with van der Waals surface area (Å²) < 4.78 is 37.7. The number of aryl methyl sites for hydroxylation is 1. The Morgan fingerprint density at radius 3 is 2.47 bits per heavy atom. The van der Waals surface area contributed by atoms with E-state index in [0.717, 1.165) is 23.3 Å². The van der Waals surface area contributed by atoms with E-state index in [2.05, 4.69) is 4.98 Å². The summed E-state index contributed by atoms with van der Waals surface area (Å²) >= 11 is 0. The molecule has 0 atom stereocenters. The molecule has 2 nitrogen and oxygen atoms in total. The summed E-state index contributed by atoms with van der Waals surface area (Å²) in [5, 5.41) is 0. The van der Waals surface area contributed by atoms with Gasteiger partial charge in [0.1, 0.15) is 0 Å². The molecule has 0 aliphatic heterocycles. The topological polar surface area (TPSA) is 38.9 Å². The second-order valence-electron chi connectivity index (χ2n) is 4.39. The van der Waals surface area contributed by atoms with Crippen LogP contribution in [0.15, 0.2) is 36.7 Å². The number of nitrogens with zero attached hydrogens (tertiary/aromatic N) is 1. The van der Waals surface area contributed by atoms with Crippen molar-refractivity contribution in [2.24, 2.45) is 0 Å². The highest BCUT2D eigenvalue weighted by atomic mass is 19.4. The zero-order chi connectivity index (χ0) is 14.0. The third-order valence-corrected chi connectivity index (χ3v) is 2.99. The Morgan fingerprint density at radius 1 is 1.16 bits per heavy atom. The van der Waals surface area contributed by atoms with Gasteiger partial charge in [-0.25, -0.2) is 0 Å². The zero-order valence-corrected chi connectivity index (χ0v) is 10.3. The number of hydrogen-bond donors (Lipinski definition) is 1. The van der Waals surface area contributed by atoms with Gasteiger partial charge < -0.3 is 5.73 Å². The molecule has 2 N–H and O–H groups in total. The van der Waals surface area contributed by atoms with Crippen LogP contribution in [0.25, 0.3) is 0 Å². The van der Waals surface area contributed by atoms with Crippen LogP contribution in [0.5, 0.6) is 0 Å². The lowest BCUT2D eigenvalue weighted by Gasteiger charge is -2.11. The molecule has 0 bridgehead atoms. The van der Waals surface area contributed by atoms with E-state index < -0.39 is 11.7 Å². The Bertz CT molecular complexity index is 591. The Morgan fingerprint density at radius 2 is 1.89 bits per heavy atom. The summed E-state index contributed by atoms with van der Waals surface area (Å²) in [6, 6.07) is 5.41. The summed E-state index contributed by atoms with van der Waals surface area (Å²) in [7, 11) is 0. The monoisotopic (exact) mass is 266 g/mol. The lowest BCUT2D eigenvalue weighted by atomic mass is 9.98. The van der Waals surface area contributed by atoms with Crippen LogP contribution in [-0.2, 0) is 12.6 Å². The Balaban J connectivity index is 2.30. The molecule has 0 saturated heterocycles. The first-order valence-corrected chi connectivity index (χ1v) is 5.73. The standard InChI is InChI=1S/C14H13F3N2/c1-9-6-12(14(15,16)17)3-2-10(9)7-11-8-19-5-4-13(11)18/h2-6,8H,7H2,1H3,(H2,18,19). The van der Waals surface area contributed by atoms with Crippen LogP contribution >= 0.6 is 0 Å². The highest BCUT2D eigenvalue weighted by molar-refractivity contribution is 5.48. The van der Waals surface area contributed by atoms with Crippen LogP contribution in [0.2, 0.25) is 0 Å². The van der Waals surface area contributed by atoms with Gasteiger partial charge in [-0.15, -0.1) is 0 Å². The van der Waals surface area contributed by atoms with E-state index >= 15 is 0 Å². The number of anilines is 1. The number of halogens is 3. The average Bonchev–Trinajstić information content (AvgIpc) is 2.33. The predicted molar refractivity (Wildman–Crippen MR) is 67.6 cm³/mol. The minimum Gasteiger partial charge on any atom is -0.398 e. The van der Waals surface area contributed by atoms with E-state index in [9.17, 15) is 13.2 Å². The second kappa shape index (κ2) is 4.91. The summed E-state index contributed by atoms with van der Waals surface area (Å²) in [6.07, 6.45) is -0.620. The Labute approximate surface area is 109 Å². The van der Waals surface area contributed by atoms with Gasteiger partial charge in [0.05, 0.1) is 5.56 Å². The molecule has 0 radical (unpaired) electrons. The molecule has 0 saturated carbocycles. The van der Waals surface area contributed by atoms with Gasteiger partial charge in [0.15, 0.2) is 0 Å². The maximum Gasteiger partial charge on any atom is 0.416 e. The maximum absolute atomic E-state index is 12.6. The number of aromatic nitrogens is 1. The van der Waals surface area contributed by atoms with Crippen molar-refractivity contribution < 1.29 is 13.2 Å². The molecule has 0 amide bonds. The van der Waals surface area contributed by atoms with Crippen molar-refractivity contribution >= 4 is 5.69 Å². The third kappa shape index (κ3) is 3.05. The van der Waals surface area contributed by atoms with E-state index in [0.29, 0.717) is 17.7 Å². The Hall–Kier alpha value is -2.04. The van der Waals surface area contributed by atoms with Gasteiger partial charge >= 0.3 is 6.18 Å². The molecule has 2 aromatic rings. The highest BCUT2D eigenvalue weighted by Gasteiger charge is 2.30. The van der Waals surface area contributed by atoms with Crippen LogP contribution < -0.4 is 5.73 Å². The number of benzene rings is 1. The molecule has 0 aliphatic rings. The van der Waals surface area contributed by atoms with E-state index in [1.165, 1.54) is 6.07 Å². The fraction of sp³-hybridized carbons (Fsp3) is 0.214. The van der Waals surface area contributed by atoms with Gasteiger partial charge in [0, 0.05) is 24.5 Å². The smallest absolute Gasteiger partial charge is 0.398 e. The molecule has 19 heavy (non-hydrogen) atoms. The molecule has 0 unspecified atom stereocenters. The molecule has 2 rings (SSSR count). The van der Waals surface area contributed by atoms with E-state index in [1.54, 1.807) is 25.4 Å². The van der Waals surface area contributed by atoms with Gasteiger partial charge in [-0.2, -0.15) is 13.2 Å². The third-order valence-electron chi connectivity index (χ3n) is 2.99. The van der Waals surface area contributed by atoms with E-state index in [-0.39, 0.29) is 0 Å². The van der Waals surface area contributed by atoms with Crippen LogP contribution in [0.4, 0.5) is 18.9 Å². The van der Waals surface area contributed by atoms with Crippen molar-refractivity contribution in [3.63, 3.8) is 0 Å². The van der Waals surface area contributed by atoms with Crippen molar-refractivity contribution in [3.05, 3.63) is 58.9 Å². The molecule has 0 fully saturated rings. The highest BCUT2D eigenvalue weighted by Crippen LogP contribution is 2.31. The molecule has 5 heteroatoms. The quantitative estimate of drug-likeness (QED) is 0.902. The minimum atomic E-state index is -4.31. The second-order valence-corrected chi connectivity index (χ2v) is 4.39. The van der Waals surface area contributed by atoms with Gasteiger partial charge in [0.2, 0.25) is 0 Å². The molecular formula is C14H13F3N2. The summed E-state index contributed by atoms with van der Waals surface area (Å²) in [5.41, 5.74) is 7.98. The first kappa shape index (κ1) is 13.4. The zero-order valence-electron chi connectivity index (χ0n) is 10.3. The number of rotatable bonds is 2. The summed E-state index contributed by atoms with van der Waals surface area (Å²) in [5.74, 6) is 0. The molecule has 0 spiro atoms. The maximum atomic E-state index is 12.6. The lowest BCUT2D eigenvalue weighted by Crippen LogP contribution is -2.06. The van der Waals surface area contributed by atoms with Crippen LogP contribution in [0.1, 0.15) is 22.3 Å². The molecule has 1 aromatic carbocycles. The van der Waals surface area contributed by atoms with Crippen molar-refractivity contribution in [3.8, 4) is 0 Å². The first-order valence-electron chi connectivity index (χ1n) is 5.73. The van der Waals surface area contributed by atoms with E-state index in [1.807, 2.05) is 0 Å². The van der Waals surface area contributed by atoms with Crippen molar-refractivity contribution in [2.45, 2.75) is 19.5 Å². The average molecular weight is 266 g/mol. The molecule has 100 valence electrons. The number of nitrogen functional groups attached to an aromatic ring is 1. The van der Waals surface area contributed by atoms with Gasteiger partial charge in [-0.1, -0.05) is 6.07 Å². The minimum absolute atomic E-state index is 0.476. The van der Waals surface area contributed by atoms with Gasteiger partial charge in [0.25, 0.3) is 0 Å². The predicted octanol–water partition coefficient (Wildman–Crippen LogP) is 3.58. The number of nitrogens with two attached hydrogens (primary N) is 1. The van der Waals surface area contributed by atoms with E-state index in [4.69, 9.17) is 5.73 Å². The molecule has 0 aliphatic carbocycles. The van der Waals surface area contributed by atoms with Gasteiger partial charge in [-0.05, 0) is 41.8 Å². The van der Waals surface area contributed by atoms with Crippen molar-refractivity contribution in [2.75, 3.05) is 5.73 Å². The summed E-state index contributed by atoms with van der Waals surface area (Å²) in [6.45, 7) is 1.66.